The van der Waals surface area contributed by atoms with Gasteiger partial charge in [-0.25, -0.2) is 5.01 Å². The molecule has 2 aromatic rings. The molecule has 194 valence electrons. The molecule has 0 unspecified atom stereocenters. The zero-order valence-electron chi connectivity index (χ0n) is 22.1. The highest BCUT2D eigenvalue weighted by molar-refractivity contribution is 6.03. The van der Waals surface area contributed by atoms with Crippen molar-refractivity contribution in [3.05, 3.63) is 59.7 Å². The second-order valence-electron chi connectivity index (χ2n) is 10.1. The van der Waals surface area contributed by atoms with E-state index in [0.29, 0.717) is 26.0 Å². The quantitative estimate of drug-likeness (QED) is 0.491. The number of rotatable bonds is 10. The Hall–Kier alpha value is -3.39. The van der Waals surface area contributed by atoms with Crippen molar-refractivity contribution >= 4 is 17.5 Å². The average molecular weight is 496 g/mol. The van der Waals surface area contributed by atoms with Gasteiger partial charge in [0, 0.05) is 26.5 Å². The number of amides is 2. The van der Waals surface area contributed by atoms with E-state index in [9.17, 15) is 9.59 Å². The lowest BCUT2D eigenvalue weighted by atomic mass is 9.91. The fourth-order valence-corrected chi connectivity index (χ4v) is 4.08. The first-order valence-corrected chi connectivity index (χ1v) is 12.1. The summed E-state index contributed by atoms with van der Waals surface area (Å²) >= 11 is 0. The first-order valence-electron chi connectivity index (χ1n) is 12.1. The van der Waals surface area contributed by atoms with Gasteiger partial charge < -0.3 is 19.1 Å². The topological polar surface area (TPSA) is 80.7 Å². The predicted octanol–water partition coefficient (Wildman–Crippen LogP) is 4.29. The molecule has 1 aliphatic rings. The van der Waals surface area contributed by atoms with Crippen molar-refractivity contribution in [2.24, 2.45) is 10.5 Å². The summed E-state index contributed by atoms with van der Waals surface area (Å²) < 4.78 is 15.8. The molecule has 0 aliphatic carbocycles. The van der Waals surface area contributed by atoms with Crippen LogP contribution >= 0.6 is 0 Å². The van der Waals surface area contributed by atoms with Gasteiger partial charge in [-0.15, -0.1) is 0 Å². The summed E-state index contributed by atoms with van der Waals surface area (Å²) in [5, 5.41) is 6.26. The van der Waals surface area contributed by atoms with E-state index in [1.54, 1.807) is 26.2 Å². The fraction of sp³-hybridized carbons (Fsp3) is 0.464. The van der Waals surface area contributed by atoms with E-state index in [4.69, 9.17) is 19.3 Å². The summed E-state index contributed by atoms with van der Waals surface area (Å²) in [5.41, 5.74) is 2.48. The Morgan fingerprint density at radius 2 is 1.56 bits per heavy atom. The zero-order valence-corrected chi connectivity index (χ0v) is 22.1. The van der Waals surface area contributed by atoms with Gasteiger partial charge in [0.25, 0.3) is 5.91 Å². The normalized spacial score (nSPS) is 15.4. The Bertz CT molecular complexity index is 1060. The number of benzene rings is 2. The van der Waals surface area contributed by atoms with E-state index >= 15 is 0 Å². The number of hydrazone groups is 1. The number of hydrogen-bond acceptors (Lipinski definition) is 6. The molecule has 2 aromatic carbocycles. The highest BCUT2D eigenvalue weighted by atomic mass is 16.5. The summed E-state index contributed by atoms with van der Waals surface area (Å²) in [7, 11) is 4.83. The SMILES string of the molecule is COCCN(CC(=O)N1N=C(c2ccc(OC)cc2)C[C@H]1c1ccc(OC)cc1)C(=O)CC(C)(C)C. The fourth-order valence-electron chi connectivity index (χ4n) is 4.08. The van der Waals surface area contributed by atoms with Gasteiger partial charge in [-0.2, -0.15) is 5.10 Å². The van der Waals surface area contributed by atoms with Crippen LogP contribution in [0.25, 0.3) is 0 Å². The van der Waals surface area contributed by atoms with E-state index in [2.05, 4.69) is 0 Å². The maximum absolute atomic E-state index is 13.6. The lowest BCUT2D eigenvalue weighted by Gasteiger charge is -2.29. The maximum atomic E-state index is 13.6. The van der Waals surface area contributed by atoms with E-state index in [1.165, 1.54) is 5.01 Å². The molecule has 0 spiro atoms. The molecule has 0 saturated carbocycles. The molecule has 36 heavy (non-hydrogen) atoms. The predicted molar refractivity (Wildman–Crippen MR) is 139 cm³/mol. The molecular weight excluding hydrogens is 458 g/mol. The van der Waals surface area contributed by atoms with Crippen molar-refractivity contribution in [2.45, 2.75) is 39.7 Å². The molecule has 8 heteroatoms. The second-order valence-corrected chi connectivity index (χ2v) is 10.1. The van der Waals surface area contributed by atoms with Crippen LogP contribution < -0.4 is 9.47 Å². The third-order valence-corrected chi connectivity index (χ3v) is 6.02. The molecule has 1 aliphatic heterocycles. The maximum Gasteiger partial charge on any atom is 0.262 e. The Labute approximate surface area is 213 Å². The number of carbonyl (C=O) groups is 2. The smallest absolute Gasteiger partial charge is 0.262 e. The minimum atomic E-state index is -0.289. The van der Waals surface area contributed by atoms with Gasteiger partial charge in [-0.1, -0.05) is 32.9 Å². The van der Waals surface area contributed by atoms with Gasteiger partial charge in [-0.3, -0.25) is 9.59 Å². The van der Waals surface area contributed by atoms with Gasteiger partial charge in [-0.05, 0) is 52.9 Å². The van der Waals surface area contributed by atoms with E-state index in [0.717, 1.165) is 28.3 Å². The van der Waals surface area contributed by atoms with Crippen LogP contribution in [0.2, 0.25) is 0 Å². The van der Waals surface area contributed by atoms with Crippen LogP contribution in [-0.4, -0.2) is 68.5 Å². The van der Waals surface area contributed by atoms with Gasteiger partial charge >= 0.3 is 0 Å². The number of nitrogens with zero attached hydrogens (tertiary/aromatic N) is 3. The van der Waals surface area contributed by atoms with Crippen molar-refractivity contribution in [1.29, 1.82) is 0 Å². The highest BCUT2D eigenvalue weighted by Gasteiger charge is 2.34. The molecule has 1 heterocycles. The standard InChI is InChI=1S/C28H37N3O5/c1-28(2,3)18-26(32)30(15-16-34-4)19-27(33)31-25(21-9-13-23(36-6)14-10-21)17-24(29-31)20-7-11-22(35-5)12-8-20/h7-14,25H,15-19H2,1-6H3/t25-/m0/s1. The number of methoxy groups -OCH3 is 3. The zero-order chi connectivity index (χ0) is 26.3. The molecule has 8 nitrogen and oxygen atoms in total. The van der Waals surface area contributed by atoms with Crippen molar-refractivity contribution in [1.82, 2.24) is 9.91 Å². The molecule has 0 aromatic heterocycles. The first-order chi connectivity index (χ1) is 17.1. The largest absolute Gasteiger partial charge is 0.497 e. The van der Waals surface area contributed by atoms with Crippen LogP contribution in [0.1, 0.15) is 50.8 Å². The van der Waals surface area contributed by atoms with Crippen LogP contribution in [-0.2, 0) is 14.3 Å². The summed E-state index contributed by atoms with van der Waals surface area (Å²) in [6, 6.07) is 15.0. The lowest BCUT2D eigenvalue weighted by molar-refractivity contribution is -0.143. The molecule has 0 bridgehead atoms. The van der Waals surface area contributed by atoms with Gasteiger partial charge in [0.05, 0.1) is 32.6 Å². The number of hydrogen-bond donors (Lipinski definition) is 0. The Kier molecular flexibility index (Phi) is 9.09. The number of carbonyl (C=O) groups excluding carboxylic acids is 2. The van der Waals surface area contributed by atoms with Gasteiger partial charge in [0.1, 0.15) is 18.0 Å². The third kappa shape index (κ3) is 7.07. The van der Waals surface area contributed by atoms with Crippen LogP contribution in [0.15, 0.2) is 53.6 Å². The van der Waals surface area contributed by atoms with Crippen molar-refractivity contribution in [3.63, 3.8) is 0 Å². The molecule has 1 atom stereocenters. The van der Waals surface area contributed by atoms with Crippen molar-refractivity contribution in [3.8, 4) is 11.5 Å². The Morgan fingerprint density at radius 1 is 0.972 bits per heavy atom. The minimum absolute atomic E-state index is 0.0652. The van der Waals surface area contributed by atoms with E-state index < -0.39 is 0 Å². The molecule has 0 radical (unpaired) electrons. The van der Waals surface area contributed by atoms with Gasteiger partial charge in [0.2, 0.25) is 5.91 Å². The highest BCUT2D eigenvalue weighted by Crippen LogP contribution is 2.34. The van der Waals surface area contributed by atoms with E-state index in [1.807, 2.05) is 69.3 Å². The minimum Gasteiger partial charge on any atom is -0.497 e. The van der Waals surface area contributed by atoms with Crippen molar-refractivity contribution in [2.75, 3.05) is 41.0 Å². The Morgan fingerprint density at radius 3 is 2.08 bits per heavy atom. The molecule has 0 saturated heterocycles. The van der Waals surface area contributed by atoms with Crippen LogP contribution in [0, 0.1) is 5.41 Å². The van der Waals surface area contributed by atoms with Crippen LogP contribution in [0.4, 0.5) is 0 Å². The molecule has 0 fully saturated rings. The lowest BCUT2D eigenvalue weighted by Crippen LogP contribution is -2.43. The molecule has 2 amide bonds. The average Bonchev–Trinajstić information content (AvgIpc) is 3.31. The molecule has 3 rings (SSSR count). The molecular formula is C28H37N3O5. The summed E-state index contributed by atoms with van der Waals surface area (Å²) in [4.78, 5) is 28.2. The Balaban J connectivity index is 1.89. The number of ether oxygens (including phenoxy) is 3. The summed E-state index contributed by atoms with van der Waals surface area (Å²) in [6.07, 6.45) is 0.894. The van der Waals surface area contributed by atoms with Crippen LogP contribution in [0.5, 0.6) is 11.5 Å². The summed E-state index contributed by atoms with van der Waals surface area (Å²) in [6.45, 7) is 6.65. The molecule has 0 N–H and O–H groups in total. The first kappa shape index (κ1) is 27.2. The van der Waals surface area contributed by atoms with Crippen molar-refractivity contribution < 1.29 is 23.8 Å². The van der Waals surface area contributed by atoms with E-state index in [-0.39, 0.29) is 29.8 Å². The van der Waals surface area contributed by atoms with Crippen LogP contribution in [0.3, 0.4) is 0 Å². The second kappa shape index (κ2) is 12.0. The monoisotopic (exact) mass is 495 g/mol. The third-order valence-electron chi connectivity index (χ3n) is 6.02. The van der Waals surface area contributed by atoms with Gasteiger partial charge in [0.15, 0.2) is 0 Å². The summed E-state index contributed by atoms with van der Waals surface area (Å²) in [5.74, 6) is 1.18.